The molecule has 1 rings (SSSR count). The van der Waals surface area contributed by atoms with Gasteiger partial charge in [-0.15, -0.1) is 11.3 Å². The Bertz CT molecular complexity index is 345. The monoisotopic (exact) mass is 181 g/mol. The van der Waals surface area contributed by atoms with Crippen molar-refractivity contribution < 1.29 is 9.90 Å². The Morgan fingerprint density at radius 1 is 1.75 bits per heavy atom. The van der Waals surface area contributed by atoms with E-state index in [2.05, 4.69) is 11.8 Å². The largest absolute Gasteiger partial charge is 0.477 e. The van der Waals surface area contributed by atoms with Gasteiger partial charge >= 0.3 is 5.97 Å². The van der Waals surface area contributed by atoms with Crippen LogP contribution < -0.4 is 5.73 Å². The van der Waals surface area contributed by atoms with Crippen LogP contribution in [0.25, 0.3) is 0 Å². The van der Waals surface area contributed by atoms with E-state index in [-0.39, 0.29) is 6.54 Å². The number of carboxylic acid groups (broad SMARTS) is 1. The van der Waals surface area contributed by atoms with E-state index in [1.807, 2.05) is 0 Å². The van der Waals surface area contributed by atoms with Crippen LogP contribution in [-0.4, -0.2) is 17.6 Å². The molecular weight excluding hydrogens is 174 g/mol. The molecule has 1 aromatic rings. The van der Waals surface area contributed by atoms with Crippen LogP contribution in [0.4, 0.5) is 0 Å². The van der Waals surface area contributed by atoms with Crippen molar-refractivity contribution in [2.24, 2.45) is 5.73 Å². The van der Waals surface area contributed by atoms with E-state index in [0.717, 1.165) is 0 Å². The van der Waals surface area contributed by atoms with Crippen LogP contribution in [0.1, 0.15) is 15.2 Å². The highest BCUT2D eigenvalue weighted by molar-refractivity contribution is 7.12. The molecule has 12 heavy (non-hydrogen) atoms. The van der Waals surface area contributed by atoms with Gasteiger partial charge in [0.25, 0.3) is 0 Å². The van der Waals surface area contributed by atoms with Crippen LogP contribution in [0.5, 0.6) is 0 Å². The number of carboxylic acids is 1. The van der Waals surface area contributed by atoms with Gasteiger partial charge < -0.3 is 10.8 Å². The van der Waals surface area contributed by atoms with Crippen molar-refractivity contribution in [2.75, 3.05) is 6.54 Å². The number of carbonyl (C=O) groups is 1. The van der Waals surface area contributed by atoms with Crippen molar-refractivity contribution in [3.05, 3.63) is 21.9 Å². The summed E-state index contributed by atoms with van der Waals surface area (Å²) in [6.07, 6.45) is 0. The second-order valence-electron chi connectivity index (χ2n) is 2.01. The summed E-state index contributed by atoms with van der Waals surface area (Å²) in [5, 5.41) is 10.3. The summed E-state index contributed by atoms with van der Waals surface area (Å²) in [6, 6.07) is 1.54. The number of rotatable bonds is 1. The first-order valence-electron chi connectivity index (χ1n) is 3.25. The average Bonchev–Trinajstić information content (AvgIpc) is 2.48. The first-order valence-corrected chi connectivity index (χ1v) is 4.13. The molecule has 0 saturated carbocycles. The molecule has 62 valence electrons. The van der Waals surface area contributed by atoms with Gasteiger partial charge in [-0.2, -0.15) is 0 Å². The molecule has 0 spiro atoms. The molecule has 1 heterocycles. The van der Waals surface area contributed by atoms with E-state index < -0.39 is 5.97 Å². The number of nitrogens with two attached hydrogens (primary N) is 1. The molecule has 0 amide bonds. The van der Waals surface area contributed by atoms with E-state index in [9.17, 15) is 4.79 Å². The number of hydrogen-bond donors (Lipinski definition) is 2. The third-order valence-electron chi connectivity index (χ3n) is 1.15. The Morgan fingerprint density at radius 3 is 3.00 bits per heavy atom. The molecule has 0 bridgehead atoms. The average molecular weight is 181 g/mol. The zero-order chi connectivity index (χ0) is 8.97. The molecule has 0 radical (unpaired) electrons. The maximum Gasteiger partial charge on any atom is 0.345 e. The van der Waals surface area contributed by atoms with Gasteiger partial charge in [0, 0.05) is 10.9 Å². The molecule has 0 aliphatic rings. The zero-order valence-electron chi connectivity index (χ0n) is 6.20. The Balaban J connectivity index is 2.84. The van der Waals surface area contributed by atoms with E-state index in [1.165, 1.54) is 17.4 Å². The molecular formula is C8H7NO2S. The van der Waals surface area contributed by atoms with Gasteiger partial charge in [0.1, 0.15) is 4.88 Å². The van der Waals surface area contributed by atoms with Gasteiger partial charge in [-0.05, 0) is 6.07 Å². The standard InChI is InChI=1S/C8H7NO2S/c9-3-1-2-6-4-7(8(10)11)12-5-6/h4-5H,3,9H2,(H,10,11). The Kier molecular flexibility index (Phi) is 2.86. The van der Waals surface area contributed by atoms with Crippen molar-refractivity contribution in [3.8, 4) is 11.8 Å². The number of hydrogen-bond acceptors (Lipinski definition) is 3. The highest BCUT2D eigenvalue weighted by Crippen LogP contribution is 2.13. The van der Waals surface area contributed by atoms with Gasteiger partial charge in [0.15, 0.2) is 0 Å². The summed E-state index contributed by atoms with van der Waals surface area (Å²) in [7, 11) is 0. The second kappa shape index (κ2) is 3.90. The summed E-state index contributed by atoms with van der Waals surface area (Å²) in [5.74, 6) is 4.48. The quantitative estimate of drug-likeness (QED) is 0.628. The van der Waals surface area contributed by atoms with E-state index in [4.69, 9.17) is 10.8 Å². The van der Waals surface area contributed by atoms with Crippen molar-refractivity contribution in [2.45, 2.75) is 0 Å². The lowest BCUT2D eigenvalue weighted by molar-refractivity contribution is 0.0702. The normalized spacial score (nSPS) is 8.75. The summed E-state index contributed by atoms with van der Waals surface area (Å²) < 4.78 is 0. The molecule has 1 aromatic heterocycles. The molecule has 0 aliphatic heterocycles. The van der Waals surface area contributed by atoms with Crippen LogP contribution in [-0.2, 0) is 0 Å². The van der Waals surface area contributed by atoms with Crippen molar-refractivity contribution >= 4 is 17.3 Å². The first kappa shape index (κ1) is 8.78. The van der Waals surface area contributed by atoms with Gasteiger partial charge in [-0.3, -0.25) is 0 Å². The third kappa shape index (κ3) is 2.09. The topological polar surface area (TPSA) is 63.3 Å². The van der Waals surface area contributed by atoms with Gasteiger partial charge in [0.2, 0.25) is 0 Å². The molecule has 0 unspecified atom stereocenters. The van der Waals surface area contributed by atoms with Crippen LogP contribution in [0.3, 0.4) is 0 Å². The minimum Gasteiger partial charge on any atom is -0.477 e. The smallest absolute Gasteiger partial charge is 0.345 e. The molecule has 3 N–H and O–H groups in total. The van der Waals surface area contributed by atoms with Crippen molar-refractivity contribution in [3.63, 3.8) is 0 Å². The van der Waals surface area contributed by atoms with Crippen molar-refractivity contribution in [1.82, 2.24) is 0 Å². The van der Waals surface area contributed by atoms with E-state index in [0.29, 0.717) is 10.4 Å². The lowest BCUT2D eigenvalue weighted by Gasteiger charge is -1.80. The molecule has 0 fully saturated rings. The highest BCUT2D eigenvalue weighted by Gasteiger charge is 2.04. The lowest BCUT2D eigenvalue weighted by atomic mass is 10.3. The molecule has 0 aliphatic carbocycles. The maximum atomic E-state index is 10.4. The number of aromatic carboxylic acids is 1. The van der Waals surface area contributed by atoms with Gasteiger partial charge in [-0.25, -0.2) is 4.79 Å². The lowest BCUT2D eigenvalue weighted by Crippen LogP contribution is -1.93. The maximum absolute atomic E-state index is 10.4. The van der Waals surface area contributed by atoms with E-state index in [1.54, 1.807) is 5.38 Å². The van der Waals surface area contributed by atoms with Crippen molar-refractivity contribution in [1.29, 1.82) is 0 Å². The Labute approximate surface area is 73.8 Å². The number of thiophene rings is 1. The van der Waals surface area contributed by atoms with Crippen LogP contribution in [0.2, 0.25) is 0 Å². The first-order chi connectivity index (χ1) is 5.74. The Morgan fingerprint density at radius 2 is 2.50 bits per heavy atom. The summed E-state index contributed by atoms with van der Waals surface area (Å²) in [5.41, 5.74) is 5.87. The molecule has 0 saturated heterocycles. The molecule has 0 atom stereocenters. The molecule has 3 nitrogen and oxygen atoms in total. The fourth-order valence-corrected chi connectivity index (χ4v) is 1.34. The minimum absolute atomic E-state index is 0.290. The SMILES string of the molecule is NCC#Cc1csc(C(=O)O)c1. The van der Waals surface area contributed by atoms with Crippen LogP contribution in [0, 0.1) is 11.8 Å². The second-order valence-corrected chi connectivity index (χ2v) is 2.92. The minimum atomic E-state index is -0.916. The van der Waals surface area contributed by atoms with Crippen LogP contribution >= 0.6 is 11.3 Å². The van der Waals surface area contributed by atoms with E-state index >= 15 is 0 Å². The van der Waals surface area contributed by atoms with Gasteiger partial charge in [-0.1, -0.05) is 11.8 Å². The molecule has 0 aromatic carbocycles. The summed E-state index contributed by atoms with van der Waals surface area (Å²) in [6.45, 7) is 0.290. The zero-order valence-corrected chi connectivity index (χ0v) is 7.02. The van der Waals surface area contributed by atoms with Gasteiger partial charge in [0.05, 0.1) is 6.54 Å². The summed E-state index contributed by atoms with van der Waals surface area (Å²) in [4.78, 5) is 10.7. The molecule has 4 heteroatoms. The highest BCUT2D eigenvalue weighted by atomic mass is 32.1. The summed E-state index contributed by atoms with van der Waals surface area (Å²) >= 11 is 1.17. The predicted molar refractivity (Wildman–Crippen MR) is 47.2 cm³/mol. The van der Waals surface area contributed by atoms with Crippen LogP contribution in [0.15, 0.2) is 11.4 Å². The fourth-order valence-electron chi connectivity index (χ4n) is 0.667. The third-order valence-corrected chi connectivity index (χ3v) is 2.06. The fraction of sp³-hybridized carbons (Fsp3) is 0.125. The Hall–Kier alpha value is -1.31. The predicted octanol–water partition coefficient (Wildman–Crippen LogP) is 0.757.